The molecule has 0 fully saturated rings. The van der Waals surface area contributed by atoms with E-state index in [9.17, 15) is 9.59 Å². The molecule has 0 unspecified atom stereocenters. The first kappa shape index (κ1) is 26.2. The van der Waals surface area contributed by atoms with Crippen LogP contribution < -0.4 is 15.5 Å². The molecule has 2 aromatic heterocycles. The van der Waals surface area contributed by atoms with Crippen LogP contribution in [0, 0.1) is 0 Å². The van der Waals surface area contributed by atoms with E-state index in [1.54, 1.807) is 11.1 Å². The number of aromatic nitrogens is 2. The Hall–Kier alpha value is -4.43. The number of benzene rings is 2. The van der Waals surface area contributed by atoms with Gasteiger partial charge in [0.1, 0.15) is 5.65 Å². The largest absolute Gasteiger partial charge is 0.459 e. The standard InChI is InChI=1S/C31H33N5O3/c1-5-27(37)36-15-12-20-6-7-22(17-26(20)36)28-25-16-23(31(38)39-19(2)3)18-34-30(25)35-29(28)21-8-10-24(11-9-21)33-14-13-32-4/h5-11,16-19,32-33H,1,12-15H2,2-4H3,(H,34,35). The van der Waals surface area contributed by atoms with E-state index >= 15 is 0 Å². The van der Waals surface area contributed by atoms with Crippen molar-refractivity contribution in [3.63, 3.8) is 0 Å². The molecule has 0 aliphatic carbocycles. The molecule has 0 atom stereocenters. The number of H-pyrrole nitrogens is 1. The Kier molecular flexibility index (Phi) is 7.47. The number of esters is 1. The Balaban J connectivity index is 1.64. The van der Waals surface area contributed by atoms with Crippen LogP contribution in [0.15, 0.2) is 67.4 Å². The molecule has 3 N–H and O–H groups in total. The fourth-order valence-electron chi connectivity index (χ4n) is 4.94. The minimum Gasteiger partial charge on any atom is -0.459 e. The van der Waals surface area contributed by atoms with Gasteiger partial charge in [-0.25, -0.2) is 9.78 Å². The van der Waals surface area contributed by atoms with Crippen LogP contribution in [0.1, 0.15) is 29.8 Å². The molecule has 1 amide bonds. The third-order valence-electron chi connectivity index (χ3n) is 6.82. The quantitative estimate of drug-likeness (QED) is 0.159. The van der Waals surface area contributed by atoms with Gasteiger partial charge in [-0.05, 0) is 74.3 Å². The van der Waals surface area contributed by atoms with E-state index in [2.05, 4.69) is 51.4 Å². The van der Waals surface area contributed by atoms with Crippen LogP contribution in [0.25, 0.3) is 33.4 Å². The van der Waals surface area contributed by atoms with Gasteiger partial charge < -0.3 is 25.3 Å². The Labute approximate surface area is 228 Å². The lowest BCUT2D eigenvalue weighted by molar-refractivity contribution is -0.114. The van der Waals surface area contributed by atoms with E-state index in [0.717, 1.165) is 64.2 Å². The molecule has 3 heterocycles. The van der Waals surface area contributed by atoms with Crippen LogP contribution in [-0.4, -0.2) is 54.6 Å². The fraction of sp³-hybridized carbons (Fsp3) is 0.258. The zero-order valence-electron chi connectivity index (χ0n) is 22.5. The summed E-state index contributed by atoms with van der Waals surface area (Å²) in [5.41, 5.74) is 7.77. The Morgan fingerprint density at radius 3 is 2.62 bits per heavy atom. The van der Waals surface area contributed by atoms with Crippen molar-refractivity contribution < 1.29 is 14.3 Å². The topological polar surface area (TPSA) is 99.4 Å². The van der Waals surface area contributed by atoms with Gasteiger partial charge >= 0.3 is 5.97 Å². The number of amides is 1. The van der Waals surface area contributed by atoms with Crippen molar-refractivity contribution in [2.75, 3.05) is 36.9 Å². The van der Waals surface area contributed by atoms with E-state index in [1.165, 1.54) is 6.08 Å². The molecule has 200 valence electrons. The lowest BCUT2D eigenvalue weighted by Crippen LogP contribution is -2.26. The molecule has 0 radical (unpaired) electrons. The van der Waals surface area contributed by atoms with Gasteiger partial charge in [0, 0.05) is 48.2 Å². The van der Waals surface area contributed by atoms with Gasteiger partial charge in [0.05, 0.1) is 17.4 Å². The van der Waals surface area contributed by atoms with E-state index in [4.69, 9.17) is 4.74 Å². The number of hydrogen-bond acceptors (Lipinski definition) is 6. The van der Waals surface area contributed by atoms with Crippen LogP contribution in [0.3, 0.4) is 0 Å². The summed E-state index contributed by atoms with van der Waals surface area (Å²) in [7, 11) is 1.93. The van der Waals surface area contributed by atoms with Crippen molar-refractivity contribution in [2.45, 2.75) is 26.4 Å². The minimum atomic E-state index is -0.415. The number of aromatic amines is 1. The Morgan fingerprint density at radius 2 is 1.90 bits per heavy atom. The molecule has 2 aromatic carbocycles. The summed E-state index contributed by atoms with van der Waals surface area (Å²) in [4.78, 5) is 35.1. The highest BCUT2D eigenvalue weighted by Gasteiger charge is 2.25. The molecule has 5 rings (SSSR count). The molecule has 1 aliphatic rings. The summed E-state index contributed by atoms with van der Waals surface area (Å²) in [5, 5.41) is 7.34. The molecule has 0 saturated heterocycles. The smallest absolute Gasteiger partial charge is 0.339 e. The fourth-order valence-corrected chi connectivity index (χ4v) is 4.94. The number of fused-ring (bicyclic) bond motifs is 2. The van der Waals surface area contributed by atoms with Crippen LogP contribution >= 0.6 is 0 Å². The molecular weight excluding hydrogens is 490 g/mol. The van der Waals surface area contributed by atoms with Crippen LogP contribution in [0.2, 0.25) is 0 Å². The number of ether oxygens (including phenoxy) is 1. The second-order valence-corrected chi connectivity index (χ2v) is 9.84. The summed E-state index contributed by atoms with van der Waals surface area (Å²) < 4.78 is 5.43. The summed E-state index contributed by atoms with van der Waals surface area (Å²) >= 11 is 0. The van der Waals surface area contributed by atoms with Crippen molar-refractivity contribution in [1.29, 1.82) is 0 Å². The Morgan fingerprint density at radius 1 is 1.13 bits per heavy atom. The maximum absolute atomic E-state index is 12.7. The van der Waals surface area contributed by atoms with Crippen LogP contribution in [-0.2, 0) is 16.0 Å². The second-order valence-electron chi connectivity index (χ2n) is 9.84. The molecular formula is C31H33N5O3. The second kappa shape index (κ2) is 11.1. The first-order valence-electron chi connectivity index (χ1n) is 13.2. The first-order valence-corrected chi connectivity index (χ1v) is 13.2. The normalized spacial score (nSPS) is 12.6. The zero-order valence-corrected chi connectivity index (χ0v) is 22.5. The Bertz CT molecular complexity index is 1540. The number of nitrogens with zero attached hydrogens (tertiary/aromatic N) is 2. The number of carbonyl (C=O) groups is 2. The summed E-state index contributed by atoms with van der Waals surface area (Å²) in [5.74, 6) is -0.534. The highest BCUT2D eigenvalue weighted by Crippen LogP contribution is 2.41. The highest BCUT2D eigenvalue weighted by molar-refractivity contribution is 6.07. The number of hydrogen-bond donors (Lipinski definition) is 3. The lowest BCUT2D eigenvalue weighted by Gasteiger charge is -2.16. The molecule has 1 aliphatic heterocycles. The van der Waals surface area contributed by atoms with Gasteiger partial charge in [-0.15, -0.1) is 0 Å². The molecule has 4 aromatic rings. The van der Waals surface area contributed by atoms with Crippen molar-refractivity contribution in [2.24, 2.45) is 0 Å². The molecule has 0 spiro atoms. The van der Waals surface area contributed by atoms with Crippen LogP contribution in [0.5, 0.6) is 0 Å². The SMILES string of the molecule is C=CC(=O)N1CCc2ccc(-c3c(-c4ccc(NCCNC)cc4)[nH]c4ncc(C(=O)OC(C)C)cc34)cc21. The average molecular weight is 524 g/mol. The van der Waals surface area contributed by atoms with E-state index in [1.807, 2.05) is 45.2 Å². The third kappa shape index (κ3) is 5.28. The molecule has 0 saturated carbocycles. The number of anilines is 2. The van der Waals surface area contributed by atoms with Gasteiger partial charge in [-0.2, -0.15) is 0 Å². The molecule has 8 heteroatoms. The summed E-state index contributed by atoms with van der Waals surface area (Å²) in [6.45, 7) is 9.62. The van der Waals surface area contributed by atoms with Crippen molar-refractivity contribution in [1.82, 2.24) is 15.3 Å². The lowest BCUT2D eigenvalue weighted by atomic mass is 9.96. The van der Waals surface area contributed by atoms with Gasteiger partial charge in [-0.3, -0.25) is 4.79 Å². The van der Waals surface area contributed by atoms with E-state index in [-0.39, 0.29) is 12.0 Å². The van der Waals surface area contributed by atoms with Crippen molar-refractivity contribution in [3.05, 3.63) is 78.5 Å². The van der Waals surface area contributed by atoms with Gasteiger partial charge in [-0.1, -0.05) is 30.8 Å². The first-order chi connectivity index (χ1) is 18.9. The van der Waals surface area contributed by atoms with Crippen molar-refractivity contribution >= 4 is 34.3 Å². The monoisotopic (exact) mass is 523 g/mol. The maximum Gasteiger partial charge on any atom is 0.339 e. The molecule has 39 heavy (non-hydrogen) atoms. The predicted octanol–water partition coefficient (Wildman–Crippen LogP) is 5.17. The van der Waals surface area contributed by atoms with Crippen LogP contribution in [0.4, 0.5) is 11.4 Å². The van der Waals surface area contributed by atoms with E-state index < -0.39 is 5.97 Å². The molecule has 0 bridgehead atoms. The predicted molar refractivity (Wildman–Crippen MR) is 156 cm³/mol. The average Bonchev–Trinajstić information content (AvgIpc) is 3.53. The van der Waals surface area contributed by atoms with E-state index in [0.29, 0.717) is 17.8 Å². The van der Waals surface area contributed by atoms with Gasteiger partial charge in [0.2, 0.25) is 5.91 Å². The maximum atomic E-state index is 12.7. The van der Waals surface area contributed by atoms with Crippen molar-refractivity contribution in [3.8, 4) is 22.4 Å². The van der Waals surface area contributed by atoms with Gasteiger partial charge in [0.25, 0.3) is 0 Å². The number of rotatable bonds is 9. The number of likely N-dealkylation sites (N-methyl/N-ethyl adjacent to an activating group) is 1. The third-order valence-corrected chi connectivity index (χ3v) is 6.82. The summed E-state index contributed by atoms with van der Waals surface area (Å²) in [6, 6.07) is 16.2. The minimum absolute atomic E-state index is 0.119. The van der Waals surface area contributed by atoms with Gasteiger partial charge in [0.15, 0.2) is 0 Å². The number of carbonyl (C=O) groups excluding carboxylic acids is 2. The number of pyridine rings is 1. The zero-order chi connectivity index (χ0) is 27.5. The highest BCUT2D eigenvalue weighted by atomic mass is 16.5. The summed E-state index contributed by atoms with van der Waals surface area (Å²) in [6.07, 6.45) is 3.45. The number of nitrogens with one attached hydrogen (secondary N) is 3. The molecule has 8 nitrogen and oxygen atoms in total.